The fourth-order valence-corrected chi connectivity index (χ4v) is 12.3. The second kappa shape index (κ2) is 19.9. The molecule has 0 aliphatic rings. The third kappa shape index (κ3) is 8.50. The van der Waals surface area contributed by atoms with Crippen molar-refractivity contribution in [3.63, 3.8) is 0 Å². The van der Waals surface area contributed by atoms with Crippen molar-refractivity contribution in [2.75, 3.05) is 9.80 Å². The van der Waals surface area contributed by atoms with Crippen molar-refractivity contribution in [1.82, 2.24) is 4.57 Å². The first-order valence-electron chi connectivity index (χ1n) is 28.2. The van der Waals surface area contributed by atoms with Crippen molar-refractivity contribution in [3.05, 3.63) is 309 Å². The number of nitrogens with zero attached hydrogens (tertiary/aromatic N) is 3. The molecule has 0 fully saturated rings. The summed E-state index contributed by atoms with van der Waals surface area (Å²) in [5.74, 6) is 0. The Morgan fingerprint density at radius 1 is 0.205 bits per heavy atom. The lowest BCUT2D eigenvalue weighted by Gasteiger charge is -2.31. The SMILES string of the molecule is c1ccc(-c2ccc(N(c3ccc(-c4ccc5oc6ccccc6c5c4)cc3)c3cc(N(c4ccc(-c5ccccc5)cc4)c4ccc(-c5ccc6oc7ccccc7c6c5)cc4)cc(-n4c5ccccc5c5ccccc54)c3)cc2)cc1. The van der Waals surface area contributed by atoms with Crippen LogP contribution in [0.25, 0.3) is 116 Å². The van der Waals surface area contributed by atoms with Crippen LogP contribution >= 0.6 is 0 Å². The fourth-order valence-electron chi connectivity index (χ4n) is 12.3. The van der Waals surface area contributed by atoms with E-state index in [4.69, 9.17) is 8.83 Å². The number of hydrogen-bond donors (Lipinski definition) is 0. The van der Waals surface area contributed by atoms with Gasteiger partial charge in [-0.2, -0.15) is 0 Å². The van der Waals surface area contributed by atoms with Crippen molar-refractivity contribution in [1.29, 1.82) is 0 Å². The maximum absolute atomic E-state index is 6.25. The van der Waals surface area contributed by atoms with Crippen LogP contribution in [0, 0.1) is 0 Å². The number of rotatable bonds is 11. The summed E-state index contributed by atoms with van der Waals surface area (Å²) >= 11 is 0. The summed E-state index contributed by atoms with van der Waals surface area (Å²) in [6.07, 6.45) is 0. The molecule has 0 atom stereocenters. The van der Waals surface area contributed by atoms with Gasteiger partial charge in [0.2, 0.25) is 0 Å². The maximum atomic E-state index is 6.25. The highest BCUT2D eigenvalue weighted by Gasteiger charge is 2.23. The van der Waals surface area contributed by atoms with Crippen molar-refractivity contribution < 1.29 is 8.83 Å². The van der Waals surface area contributed by atoms with Crippen LogP contribution in [0.4, 0.5) is 34.1 Å². The molecule has 5 nitrogen and oxygen atoms in total. The quantitative estimate of drug-likeness (QED) is 0.129. The van der Waals surface area contributed by atoms with Gasteiger partial charge in [0.25, 0.3) is 0 Å². The van der Waals surface area contributed by atoms with Gasteiger partial charge < -0.3 is 23.2 Å². The Balaban J connectivity index is 0.901. The van der Waals surface area contributed by atoms with Crippen molar-refractivity contribution in [3.8, 4) is 50.2 Å². The maximum Gasteiger partial charge on any atom is 0.135 e. The zero-order valence-corrected chi connectivity index (χ0v) is 45.1. The Labute approximate surface area is 480 Å². The monoisotopic (exact) mass is 1060 g/mol. The van der Waals surface area contributed by atoms with Crippen LogP contribution in [0.2, 0.25) is 0 Å². The Morgan fingerprint density at radius 2 is 0.506 bits per heavy atom. The van der Waals surface area contributed by atoms with Gasteiger partial charge in [-0.25, -0.2) is 0 Å². The van der Waals surface area contributed by atoms with Gasteiger partial charge in [0.1, 0.15) is 22.3 Å². The normalized spacial score (nSPS) is 11.6. The molecule has 0 saturated heterocycles. The molecular weight excluding hydrogens is 1010 g/mol. The van der Waals surface area contributed by atoms with Gasteiger partial charge in [0, 0.05) is 55.1 Å². The minimum absolute atomic E-state index is 0.883. The molecule has 0 bridgehead atoms. The standard InChI is InChI=1S/C78H51N3O2/c1-3-15-52(16-4-1)54-27-37-60(38-28-54)79(62-41-31-56(32-42-62)58-35-45-77-71(47-58)69-21-9-13-25-75(69)82-77)64-49-65(51-66(50-64)81-73-23-11-7-19-67(73)68-20-8-12-24-74(68)81)80(61-39-29-55(30-40-61)53-17-5-2-6-18-53)63-43-33-57(34-44-63)59-36-46-78-72(48-59)70-22-10-14-26-76(70)83-78/h1-51H. The van der Waals surface area contributed by atoms with E-state index < -0.39 is 0 Å². The number of anilines is 6. The number of benzene rings is 13. The lowest BCUT2D eigenvalue weighted by atomic mass is 10.0. The number of aromatic nitrogens is 1. The zero-order chi connectivity index (χ0) is 54.8. The lowest BCUT2D eigenvalue weighted by Crippen LogP contribution is -2.14. The second-order valence-corrected chi connectivity index (χ2v) is 21.3. The van der Waals surface area contributed by atoms with Gasteiger partial charge in [0.15, 0.2) is 0 Å². The highest BCUT2D eigenvalue weighted by atomic mass is 16.3. The Morgan fingerprint density at radius 3 is 0.904 bits per heavy atom. The van der Waals surface area contributed by atoms with Crippen molar-refractivity contribution in [2.45, 2.75) is 0 Å². The van der Waals surface area contributed by atoms with E-state index in [1.165, 1.54) is 21.9 Å². The second-order valence-electron chi connectivity index (χ2n) is 21.3. The minimum Gasteiger partial charge on any atom is -0.456 e. The van der Waals surface area contributed by atoms with Crippen molar-refractivity contribution >= 4 is 99.8 Å². The molecule has 83 heavy (non-hydrogen) atoms. The summed E-state index contributed by atoms with van der Waals surface area (Å²) in [7, 11) is 0. The third-order valence-corrected chi connectivity index (χ3v) is 16.4. The molecule has 5 heteroatoms. The molecule has 0 saturated carbocycles. The van der Waals surface area contributed by atoms with Gasteiger partial charge in [-0.15, -0.1) is 0 Å². The molecule has 0 unspecified atom stereocenters. The van der Waals surface area contributed by atoms with Crippen LogP contribution < -0.4 is 9.80 Å². The molecule has 0 radical (unpaired) electrons. The summed E-state index contributed by atoms with van der Waals surface area (Å²) in [5.41, 5.74) is 22.1. The first-order chi connectivity index (χ1) is 41.1. The van der Waals surface area contributed by atoms with E-state index in [1.54, 1.807) is 0 Å². The summed E-state index contributed by atoms with van der Waals surface area (Å²) in [6.45, 7) is 0. The van der Waals surface area contributed by atoms with Crippen LogP contribution in [-0.2, 0) is 0 Å². The number of fused-ring (bicyclic) bond motifs is 9. The Bertz CT molecular complexity index is 4740. The summed E-state index contributed by atoms with van der Waals surface area (Å²) in [4.78, 5) is 4.81. The third-order valence-electron chi connectivity index (χ3n) is 16.4. The van der Waals surface area contributed by atoms with Crippen LogP contribution in [0.5, 0.6) is 0 Å². The Hall–Kier alpha value is -11.1. The van der Waals surface area contributed by atoms with Crippen LogP contribution in [0.1, 0.15) is 0 Å². The lowest BCUT2D eigenvalue weighted by molar-refractivity contribution is 0.668. The zero-order valence-electron chi connectivity index (χ0n) is 45.1. The molecule has 0 aliphatic heterocycles. The van der Waals surface area contributed by atoms with E-state index in [2.05, 4.69) is 299 Å². The molecule has 0 amide bonds. The average Bonchev–Trinajstić information content (AvgIpc) is 3.71. The fraction of sp³-hybridized carbons (Fsp3) is 0. The van der Waals surface area contributed by atoms with Gasteiger partial charge in [-0.1, -0.05) is 194 Å². The molecular formula is C78H51N3O2. The van der Waals surface area contributed by atoms with Gasteiger partial charge in [-0.05, 0) is 160 Å². The largest absolute Gasteiger partial charge is 0.456 e. The van der Waals surface area contributed by atoms with Crippen LogP contribution in [0.15, 0.2) is 318 Å². The molecule has 3 heterocycles. The Kier molecular flexibility index (Phi) is 11.5. The summed E-state index contributed by atoms with van der Waals surface area (Å²) in [5, 5.41) is 6.84. The van der Waals surface area contributed by atoms with Gasteiger partial charge in [0.05, 0.1) is 28.1 Å². The molecule has 3 aromatic heterocycles. The molecule has 16 rings (SSSR count). The van der Waals surface area contributed by atoms with E-state index in [0.29, 0.717) is 0 Å². The number of para-hydroxylation sites is 4. The smallest absolute Gasteiger partial charge is 0.135 e. The molecule has 0 aliphatic carbocycles. The first kappa shape index (κ1) is 47.8. The summed E-state index contributed by atoms with van der Waals surface area (Å²) < 4.78 is 14.9. The highest BCUT2D eigenvalue weighted by Crippen LogP contribution is 2.46. The molecule has 390 valence electrons. The van der Waals surface area contributed by atoms with Crippen LogP contribution in [0.3, 0.4) is 0 Å². The summed E-state index contributed by atoms with van der Waals surface area (Å²) in [6, 6.07) is 111. The molecule has 13 aromatic carbocycles. The van der Waals surface area contributed by atoms with Crippen molar-refractivity contribution in [2.24, 2.45) is 0 Å². The predicted octanol–water partition coefficient (Wildman–Crippen LogP) is 22.2. The number of hydrogen-bond acceptors (Lipinski definition) is 4. The van der Waals surface area contributed by atoms with E-state index >= 15 is 0 Å². The van der Waals surface area contributed by atoms with E-state index in [-0.39, 0.29) is 0 Å². The first-order valence-corrected chi connectivity index (χ1v) is 28.2. The highest BCUT2D eigenvalue weighted by molar-refractivity contribution is 6.10. The number of furan rings is 2. The predicted molar refractivity (Wildman–Crippen MR) is 346 cm³/mol. The van der Waals surface area contributed by atoms with E-state index in [1.807, 2.05) is 24.3 Å². The van der Waals surface area contributed by atoms with Gasteiger partial charge >= 0.3 is 0 Å². The topological polar surface area (TPSA) is 37.7 Å². The van der Waals surface area contributed by atoms with Gasteiger partial charge in [-0.3, -0.25) is 0 Å². The molecule has 0 spiro atoms. The molecule has 0 N–H and O–H groups in total. The van der Waals surface area contributed by atoms with E-state index in [9.17, 15) is 0 Å². The van der Waals surface area contributed by atoms with Crippen LogP contribution in [-0.4, -0.2) is 4.57 Å². The molecule has 16 aromatic rings. The minimum atomic E-state index is 0.883. The van der Waals surface area contributed by atoms with E-state index in [0.717, 1.165) is 128 Å². The average molecular weight is 1060 g/mol.